The second-order valence-corrected chi connectivity index (χ2v) is 21.5. The van der Waals surface area contributed by atoms with Crippen molar-refractivity contribution in [1.82, 2.24) is 0 Å². The van der Waals surface area contributed by atoms with E-state index >= 15 is 0 Å². The Balaban J connectivity index is 0.961. The van der Waals surface area contributed by atoms with E-state index in [1.54, 1.807) is 0 Å². The van der Waals surface area contributed by atoms with Gasteiger partial charge in [0.05, 0.1) is 31.8 Å². The lowest BCUT2D eigenvalue weighted by atomic mass is 9.69. The molecule has 0 radical (unpaired) electrons. The summed E-state index contributed by atoms with van der Waals surface area (Å²) in [5.41, 5.74) is 12.2. The van der Waals surface area contributed by atoms with Gasteiger partial charge in [0, 0.05) is 27.4 Å². The highest BCUT2D eigenvalue weighted by Gasteiger charge is 2.46. The zero-order valence-corrected chi connectivity index (χ0v) is 38.7. The number of hydrogen-bond donors (Lipinski definition) is 0. The van der Waals surface area contributed by atoms with Crippen LogP contribution in [0, 0.1) is 17.3 Å². The van der Waals surface area contributed by atoms with Gasteiger partial charge in [0.1, 0.15) is 11.5 Å². The van der Waals surface area contributed by atoms with Gasteiger partial charge in [0.15, 0.2) is 0 Å². The zero-order chi connectivity index (χ0) is 42.9. The van der Waals surface area contributed by atoms with Crippen LogP contribution in [-0.4, -0.2) is 26.4 Å². The van der Waals surface area contributed by atoms with Crippen LogP contribution in [0.3, 0.4) is 0 Å². The molecule has 2 heterocycles. The van der Waals surface area contributed by atoms with Gasteiger partial charge in [-0.3, -0.25) is 0 Å². The molecule has 8 rings (SSSR count). The quantitative estimate of drug-likeness (QED) is 0.105. The Bertz CT molecular complexity index is 2330. The Morgan fingerprint density at radius 3 is 1.44 bits per heavy atom. The third-order valence-electron chi connectivity index (χ3n) is 13.7. The Labute approximate surface area is 366 Å². The zero-order valence-electron chi connectivity index (χ0n) is 36.9. The highest BCUT2D eigenvalue weighted by atomic mass is 31.2. The summed E-state index contributed by atoms with van der Waals surface area (Å²) in [6.07, 6.45) is 14.9. The molecule has 2 saturated heterocycles. The molecule has 0 bridgehead atoms. The monoisotopic (exact) mass is 854 g/mol. The van der Waals surface area contributed by atoms with E-state index < -0.39 is 22.6 Å². The van der Waals surface area contributed by atoms with Crippen molar-refractivity contribution in [3.63, 3.8) is 0 Å². The van der Waals surface area contributed by atoms with E-state index in [1.807, 2.05) is 0 Å². The fraction of sp³-hybridized carbons (Fsp3) is 0.396. The van der Waals surface area contributed by atoms with Crippen LogP contribution in [0.2, 0.25) is 0 Å². The standard InChI is InChI=1S/C53H60O6P2/c1-49(2,39-21-13-9-14-22-39)43-29-31-47(45(33-43)51(5,6)41-25-17-11-18-26-41)58-60-54-35-53(36-55-60)37-56-61(57-38-53)59-48-32-30-44(50(3,4)40-23-15-10-16-24-40)34-46(48)52(7,8)42-27-19-12-20-28-42/h9-11,13-19,21-25,28-34,41-42H,26-27,35-38H2,1-8H3. The predicted molar refractivity (Wildman–Crippen MR) is 248 cm³/mol. The van der Waals surface area contributed by atoms with E-state index in [-0.39, 0.29) is 27.6 Å². The van der Waals surface area contributed by atoms with Crippen LogP contribution in [0.15, 0.2) is 145 Å². The minimum absolute atomic E-state index is 0.199. The minimum atomic E-state index is -1.66. The Morgan fingerprint density at radius 2 is 1.02 bits per heavy atom. The molecule has 2 aliphatic heterocycles. The number of benzene rings is 4. The third kappa shape index (κ3) is 9.08. The van der Waals surface area contributed by atoms with Crippen molar-refractivity contribution in [1.29, 1.82) is 0 Å². The van der Waals surface area contributed by atoms with Crippen molar-refractivity contribution < 1.29 is 27.1 Å². The molecule has 0 aromatic heterocycles. The van der Waals surface area contributed by atoms with Crippen molar-refractivity contribution in [2.75, 3.05) is 26.4 Å². The van der Waals surface area contributed by atoms with Crippen molar-refractivity contribution in [2.45, 2.75) is 89.9 Å². The maximum atomic E-state index is 6.69. The maximum absolute atomic E-state index is 6.69. The molecule has 2 unspecified atom stereocenters. The first-order chi connectivity index (χ1) is 29.2. The van der Waals surface area contributed by atoms with Gasteiger partial charge in [0.2, 0.25) is 0 Å². The third-order valence-corrected chi connectivity index (χ3v) is 15.8. The van der Waals surface area contributed by atoms with Crippen LogP contribution in [-0.2, 0) is 39.8 Å². The molecule has 8 heteroatoms. The molecule has 2 aliphatic carbocycles. The van der Waals surface area contributed by atoms with Gasteiger partial charge in [-0.15, -0.1) is 0 Å². The topological polar surface area (TPSA) is 55.4 Å². The van der Waals surface area contributed by atoms with Gasteiger partial charge in [-0.25, -0.2) is 0 Å². The summed E-state index contributed by atoms with van der Waals surface area (Å²) in [4.78, 5) is 0. The molecular weight excluding hydrogens is 795 g/mol. The molecule has 2 atom stereocenters. The van der Waals surface area contributed by atoms with Crippen LogP contribution in [0.25, 0.3) is 0 Å². The Hall–Kier alpha value is -4.04. The lowest BCUT2D eigenvalue weighted by Gasteiger charge is -2.42. The molecule has 1 spiro atoms. The summed E-state index contributed by atoms with van der Waals surface area (Å²) >= 11 is 0. The van der Waals surface area contributed by atoms with Crippen molar-refractivity contribution in [2.24, 2.45) is 17.3 Å². The highest BCUT2D eigenvalue weighted by Crippen LogP contribution is 2.56. The average Bonchev–Trinajstić information content (AvgIpc) is 3.29. The Morgan fingerprint density at radius 1 is 0.541 bits per heavy atom. The van der Waals surface area contributed by atoms with Gasteiger partial charge >= 0.3 is 17.2 Å². The summed E-state index contributed by atoms with van der Waals surface area (Å²) in [5, 5.41) is 0. The van der Waals surface area contributed by atoms with Crippen LogP contribution in [0.4, 0.5) is 0 Å². The van der Waals surface area contributed by atoms with Gasteiger partial charge < -0.3 is 27.1 Å². The van der Waals surface area contributed by atoms with Crippen molar-refractivity contribution in [3.05, 3.63) is 178 Å². The molecule has 2 fully saturated rings. The predicted octanol–water partition coefficient (Wildman–Crippen LogP) is 13.9. The first-order valence-electron chi connectivity index (χ1n) is 21.6. The molecule has 0 N–H and O–H groups in total. The van der Waals surface area contributed by atoms with Crippen LogP contribution in [0.1, 0.15) is 102 Å². The smallest absolute Gasteiger partial charge is 0.397 e. The summed E-state index contributed by atoms with van der Waals surface area (Å²) < 4.78 is 39.0. The van der Waals surface area contributed by atoms with Gasteiger partial charge in [-0.05, 0) is 76.6 Å². The number of hydrogen-bond acceptors (Lipinski definition) is 6. The number of rotatable bonds is 12. The van der Waals surface area contributed by atoms with Gasteiger partial charge in [-0.2, -0.15) is 0 Å². The van der Waals surface area contributed by atoms with E-state index in [0.29, 0.717) is 32.3 Å². The maximum Gasteiger partial charge on any atom is 0.397 e. The first-order valence-corrected chi connectivity index (χ1v) is 23.8. The van der Waals surface area contributed by atoms with E-state index in [2.05, 4.69) is 200 Å². The number of allylic oxidation sites excluding steroid dienone is 6. The molecule has 6 nitrogen and oxygen atoms in total. The summed E-state index contributed by atoms with van der Waals surface area (Å²) in [6, 6.07) is 34.6. The van der Waals surface area contributed by atoms with E-state index in [1.165, 1.54) is 22.3 Å². The first kappa shape index (κ1) is 43.6. The minimum Gasteiger partial charge on any atom is -0.426 e. The molecular formula is C53H60O6P2. The second kappa shape index (κ2) is 17.6. The molecule has 4 aliphatic rings. The Kier molecular flexibility index (Phi) is 12.6. The molecule has 61 heavy (non-hydrogen) atoms. The largest absolute Gasteiger partial charge is 0.426 e. The van der Waals surface area contributed by atoms with Crippen LogP contribution < -0.4 is 9.05 Å². The summed E-state index contributed by atoms with van der Waals surface area (Å²) in [5.74, 6) is 2.11. The van der Waals surface area contributed by atoms with E-state index in [0.717, 1.165) is 35.5 Å². The lowest BCUT2D eigenvalue weighted by molar-refractivity contribution is -0.0673. The van der Waals surface area contributed by atoms with Crippen LogP contribution in [0.5, 0.6) is 11.5 Å². The van der Waals surface area contributed by atoms with E-state index in [9.17, 15) is 0 Å². The summed E-state index contributed by atoms with van der Waals surface area (Å²) in [7, 11) is -3.31. The molecule has 0 saturated carbocycles. The molecule has 4 aromatic rings. The molecule has 4 aromatic carbocycles. The fourth-order valence-electron chi connectivity index (χ4n) is 8.88. The summed E-state index contributed by atoms with van der Waals surface area (Å²) in [6.45, 7) is 19.9. The normalized spacial score (nSPS) is 24.3. The van der Waals surface area contributed by atoms with Crippen LogP contribution >= 0.6 is 17.2 Å². The van der Waals surface area contributed by atoms with Gasteiger partial charge in [0.25, 0.3) is 0 Å². The molecule has 318 valence electrons. The van der Waals surface area contributed by atoms with Crippen molar-refractivity contribution >= 4 is 17.2 Å². The van der Waals surface area contributed by atoms with Gasteiger partial charge in [-0.1, -0.05) is 176 Å². The second-order valence-electron chi connectivity index (χ2n) is 19.2. The van der Waals surface area contributed by atoms with Crippen molar-refractivity contribution in [3.8, 4) is 11.5 Å². The SMILES string of the molecule is CC(C)(c1ccccc1)c1ccc(OP2OCC3(CO2)COP(Oc2ccc(C(C)(C)c4ccccc4)cc2C(C)(C)C2C=CC=CC2)OC3)c(C(C)(C)C2C=C=C=CC2)c1. The van der Waals surface area contributed by atoms with E-state index in [4.69, 9.17) is 27.1 Å². The highest BCUT2D eigenvalue weighted by molar-refractivity contribution is 7.42. The fourth-order valence-corrected chi connectivity index (χ4v) is 11.4. The average molecular weight is 855 g/mol. The lowest BCUT2D eigenvalue weighted by Crippen LogP contribution is -2.45. The molecule has 0 amide bonds.